The number of carboxylic acids is 1. The summed E-state index contributed by atoms with van der Waals surface area (Å²) in [5, 5.41) is 14.0. The van der Waals surface area contributed by atoms with E-state index in [9.17, 15) is 14.7 Å². The number of nitrogens with zero attached hydrogens (tertiary/aromatic N) is 1. The van der Waals surface area contributed by atoms with Gasteiger partial charge in [-0.1, -0.05) is 34.6 Å². The fourth-order valence-electron chi connectivity index (χ4n) is 5.99. The van der Waals surface area contributed by atoms with Crippen LogP contribution in [0.15, 0.2) is 24.4 Å². The van der Waals surface area contributed by atoms with Crippen molar-refractivity contribution < 1.29 is 14.7 Å². The highest BCUT2D eigenvalue weighted by atomic mass is 16.4. The summed E-state index contributed by atoms with van der Waals surface area (Å²) >= 11 is 0. The Bertz CT molecular complexity index is 993. The molecule has 1 aliphatic heterocycles. The zero-order valence-corrected chi connectivity index (χ0v) is 18.6. The molecule has 1 saturated heterocycles. The normalized spacial score (nSPS) is 26.8. The number of aromatic nitrogens is 1. The van der Waals surface area contributed by atoms with Gasteiger partial charge in [-0.15, -0.1) is 0 Å². The van der Waals surface area contributed by atoms with E-state index in [-0.39, 0.29) is 28.7 Å². The summed E-state index contributed by atoms with van der Waals surface area (Å²) in [4.78, 5) is 30.1. The summed E-state index contributed by atoms with van der Waals surface area (Å²) in [5.41, 5.74) is 2.73. The van der Waals surface area contributed by atoms with E-state index in [0.717, 1.165) is 42.3 Å². The SMILES string of the molecule is CC(C)C(=O)Nc1ccc2[nH]cc([C@@H](C(=O)O)N3C[C@@]4(C)C[C@@H]3CC(C)(C)C4)c2c1. The Balaban J connectivity index is 1.72. The molecule has 2 fully saturated rings. The van der Waals surface area contributed by atoms with Crippen LogP contribution in [0, 0.1) is 16.7 Å². The van der Waals surface area contributed by atoms with Crippen LogP contribution in [-0.4, -0.2) is 39.5 Å². The number of benzene rings is 1. The minimum Gasteiger partial charge on any atom is -0.480 e. The number of aliphatic carboxylic acids is 1. The Hall–Kier alpha value is -2.34. The van der Waals surface area contributed by atoms with Gasteiger partial charge in [0, 0.05) is 46.9 Å². The topological polar surface area (TPSA) is 85.4 Å². The summed E-state index contributed by atoms with van der Waals surface area (Å²) in [5.74, 6) is -0.989. The van der Waals surface area contributed by atoms with Crippen LogP contribution in [0.3, 0.4) is 0 Å². The van der Waals surface area contributed by atoms with Gasteiger partial charge >= 0.3 is 5.97 Å². The highest BCUT2D eigenvalue weighted by Gasteiger charge is 2.52. The number of hydrogen-bond acceptors (Lipinski definition) is 3. The molecule has 1 saturated carbocycles. The Morgan fingerprint density at radius 2 is 1.97 bits per heavy atom. The van der Waals surface area contributed by atoms with E-state index in [0.29, 0.717) is 5.69 Å². The third kappa shape index (κ3) is 3.73. The van der Waals surface area contributed by atoms with Crippen molar-refractivity contribution in [2.75, 3.05) is 11.9 Å². The van der Waals surface area contributed by atoms with Gasteiger partial charge in [0.05, 0.1) is 0 Å². The molecular formula is C24H33N3O3. The molecule has 30 heavy (non-hydrogen) atoms. The Morgan fingerprint density at radius 3 is 2.63 bits per heavy atom. The van der Waals surface area contributed by atoms with E-state index < -0.39 is 12.0 Å². The lowest BCUT2D eigenvalue weighted by atomic mass is 9.65. The molecule has 0 unspecified atom stereocenters. The summed E-state index contributed by atoms with van der Waals surface area (Å²) in [6.45, 7) is 11.4. The Kier molecular flexibility index (Phi) is 4.96. The molecule has 4 rings (SSSR count). The zero-order valence-electron chi connectivity index (χ0n) is 18.6. The van der Waals surface area contributed by atoms with Crippen molar-refractivity contribution in [1.82, 2.24) is 9.88 Å². The van der Waals surface area contributed by atoms with Crippen molar-refractivity contribution in [3.8, 4) is 0 Å². The van der Waals surface area contributed by atoms with Crippen molar-refractivity contribution in [2.24, 2.45) is 16.7 Å². The van der Waals surface area contributed by atoms with Crippen molar-refractivity contribution in [3.05, 3.63) is 30.0 Å². The van der Waals surface area contributed by atoms with E-state index in [4.69, 9.17) is 0 Å². The predicted molar refractivity (Wildman–Crippen MR) is 118 cm³/mol. The van der Waals surface area contributed by atoms with Crippen LogP contribution < -0.4 is 5.32 Å². The van der Waals surface area contributed by atoms with Crippen LogP contribution in [0.25, 0.3) is 10.9 Å². The molecule has 1 aliphatic carbocycles. The van der Waals surface area contributed by atoms with Crippen LogP contribution in [0.1, 0.15) is 65.5 Å². The second-order valence-electron chi connectivity index (χ2n) is 10.8. The lowest BCUT2D eigenvalue weighted by Crippen LogP contribution is -2.39. The first-order valence-corrected chi connectivity index (χ1v) is 10.9. The number of H-pyrrole nitrogens is 1. The molecule has 6 heteroatoms. The van der Waals surface area contributed by atoms with Crippen LogP contribution in [0.2, 0.25) is 0 Å². The maximum atomic E-state index is 12.5. The number of aromatic amines is 1. The molecule has 2 bridgehead atoms. The van der Waals surface area contributed by atoms with Gasteiger partial charge < -0.3 is 15.4 Å². The fourth-order valence-corrected chi connectivity index (χ4v) is 5.99. The highest BCUT2D eigenvalue weighted by molar-refractivity contribution is 5.96. The average molecular weight is 412 g/mol. The van der Waals surface area contributed by atoms with Gasteiger partial charge in [0.2, 0.25) is 5.91 Å². The van der Waals surface area contributed by atoms with Crippen molar-refractivity contribution in [1.29, 1.82) is 0 Å². The molecule has 0 spiro atoms. The molecule has 0 radical (unpaired) electrons. The summed E-state index contributed by atoms with van der Waals surface area (Å²) in [6.07, 6.45) is 5.02. The number of likely N-dealkylation sites (tertiary alicyclic amines) is 1. The molecule has 1 aromatic heterocycles. The summed E-state index contributed by atoms with van der Waals surface area (Å²) < 4.78 is 0. The van der Waals surface area contributed by atoms with E-state index in [1.54, 1.807) is 0 Å². The Morgan fingerprint density at radius 1 is 1.23 bits per heavy atom. The lowest BCUT2D eigenvalue weighted by molar-refractivity contribution is -0.144. The number of fused-ring (bicyclic) bond motifs is 3. The van der Waals surface area contributed by atoms with Gasteiger partial charge in [-0.3, -0.25) is 14.5 Å². The summed E-state index contributed by atoms with van der Waals surface area (Å²) in [6, 6.07) is 5.22. The van der Waals surface area contributed by atoms with Gasteiger partial charge in [0.1, 0.15) is 6.04 Å². The quantitative estimate of drug-likeness (QED) is 0.660. The highest BCUT2D eigenvalue weighted by Crippen LogP contribution is 2.54. The minimum absolute atomic E-state index is 0.0512. The third-order valence-corrected chi connectivity index (χ3v) is 6.82. The van der Waals surface area contributed by atoms with Crippen LogP contribution in [0.4, 0.5) is 5.69 Å². The second kappa shape index (κ2) is 7.12. The molecule has 3 N–H and O–H groups in total. The molecule has 2 aliphatic rings. The maximum absolute atomic E-state index is 12.5. The van der Waals surface area contributed by atoms with Crippen LogP contribution in [-0.2, 0) is 9.59 Å². The molecule has 1 aromatic carbocycles. The first-order valence-electron chi connectivity index (χ1n) is 10.9. The molecule has 162 valence electrons. The largest absolute Gasteiger partial charge is 0.480 e. The second-order valence-corrected chi connectivity index (χ2v) is 10.8. The standard InChI is InChI=1S/C24H33N3O3/c1-14(2)21(28)26-15-6-7-19-17(8-15)18(11-25-19)20(22(29)30)27-13-24(5)10-16(27)9-23(3,4)12-24/h6-8,11,14,16,20,25H,9-10,12-13H2,1-5H3,(H,26,28)(H,29,30)/t16-,20-,24-/m0/s1. The maximum Gasteiger partial charge on any atom is 0.325 e. The smallest absolute Gasteiger partial charge is 0.325 e. The number of carbonyl (C=O) groups excluding carboxylic acids is 1. The van der Waals surface area contributed by atoms with Crippen LogP contribution >= 0.6 is 0 Å². The number of amides is 1. The minimum atomic E-state index is -0.818. The van der Waals surface area contributed by atoms with E-state index >= 15 is 0 Å². The molecule has 1 amide bonds. The summed E-state index contributed by atoms with van der Waals surface area (Å²) in [7, 11) is 0. The van der Waals surface area contributed by atoms with Crippen LogP contribution in [0.5, 0.6) is 0 Å². The molecule has 6 nitrogen and oxygen atoms in total. The fraction of sp³-hybridized carbons (Fsp3) is 0.583. The first kappa shape index (κ1) is 20.9. The van der Waals surface area contributed by atoms with E-state index in [1.165, 1.54) is 0 Å². The van der Waals surface area contributed by atoms with Crippen molar-refractivity contribution in [3.63, 3.8) is 0 Å². The number of rotatable bonds is 5. The molecule has 2 heterocycles. The number of nitrogens with one attached hydrogen (secondary N) is 2. The van der Waals surface area contributed by atoms with Gasteiger partial charge in [-0.05, 0) is 48.3 Å². The van der Waals surface area contributed by atoms with Crippen molar-refractivity contribution >= 4 is 28.5 Å². The number of carbonyl (C=O) groups is 2. The van der Waals surface area contributed by atoms with Gasteiger partial charge in [-0.2, -0.15) is 0 Å². The third-order valence-electron chi connectivity index (χ3n) is 6.82. The van der Waals surface area contributed by atoms with Gasteiger partial charge in [0.15, 0.2) is 0 Å². The predicted octanol–water partition coefficient (Wildman–Crippen LogP) is 4.79. The van der Waals surface area contributed by atoms with Gasteiger partial charge in [0.25, 0.3) is 0 Å². The monoisotopic (exact) mass is 411 g/mol. The molecule has 2 aromatic rings. The van der Waals surface area contributed by atoms with Gasteiger partial charge in [-0.25, -0.2) is 0 Å². The number of carboxylic acid groups (broad SMARTS) is 1. The first-order chi connectivity index (χ1) is 14.0. The number of anilines is 1. The molecule has 3 atom stereocenters. The number of hydrogen-bond donors (Lipinski definition) is 3. The van der Waals surface area contributed by atoms with Crippen molar-refractivity contribution in [2.45, 2.75) is 66.0 Å². The zero-order chi connectivity index (χ0) is 21.8. The average Bonchev–Trinajstić information content (AvgIpc) is 3.12. The lowest BCUT2D eigenvalue weighted by Gasteiger charge is -2.40. The Labute approximate surface area is 178 Å². The molecular weight excluding hydrogens is 378 g/mol. The van der Waals surface area contributed by atoms with E-state index in [2.05, 4.69) is 36.0 Å². The van der Waals surface area contributed by atoms with E-state index in [1.807, 2.05) is 38.2 Å².